The lowest BCUT2D eigenvalue weighted by atomic mass is 10.2. The third-order valence-electron chi connectivity index (χ3n) is 4.35. The molecule has 4 aromatic rings. The molecule has 0 bridgehead atoms. The molecule has 4 rings (SSSR count). The van der Waals surface area contributed by atoms with Gasteiger partial charge in [0.25, 0.3) is 11.8 Å². The number of aromatic nitrogens is 5. The largest absolute Gasteiger partial charge is 0.343 e. The summed E-state index contributed by atoms with van der Waals surface area (Å²) in [7, 11) is 0. The fourth-order valence-electron chi connectivity index (χ4n) is 2.77. The molecule has 33 heavy (non-hydrogen) atoms. The van der Waals surface area contributed by atoms with E-state index in [0.717, 1.165) is 0 Å². The van der Waals surface area contributed by atoms with E-state index in [-0.39, 0.29) is 28.6 Å². The zero-order valence-electron chi connectivity index (χ0n) is 16.4. The van der Waals surface area contributed by atoms with Gasteiger partial charge < -0.3 is 10.6 Å². The Morgan fingerprint density at radius 3 is 2.55 bits per heavy atom. The van der Waals surface area contributed by atoms with E-state index >= 15 is 0 Å². The van der Waals surface area contributed by atoms with Crippen molar-refractivity contribution in [1.82, 2.24) is 30.7 Å². The molecule has 2 heterocycles. The molecule has 4 N–H and O–H groups in total. The molecule has 9 nitrogen and oxygen atoms in total. The van der Waals surface area contributed by atoms with Gasteiger partial charge in [-0.25, -0.2) is 13.8 Å². The molecular formula is C20H13Cl2F2N7O2. The van der Waals surface area contributed by atoms with E-state index in [2.05, 4.69) is 36.0 Å². The summed E-state index contributed by atoms with van der Waals surface area (Å²) in [5.41, 5.74) is 0.466. The Balaban J connectivity index is 1.37. The van der Waals surface area contributed by atoms with Gasteiger partial charge in [0, 0.05) is 16.7 Å². The van der Waals surface area contributed by atoms with Crippen molar-refractivity contribution in [1.29, 1.82) is 0 Å². The lowest BCUT2D eigenvalue weighted by molar-refractivity contribution is 0.0944. The summed E-state index contributed by atoms with van der Waals surface area (Å²) in [6.45, 7) is 0.0393. The highest BCUT2D eigenvalue weighted by molar-refractivity contribution is 6.34. The van der Waals surface area contributed by atoms with Crippen molar-refractivity contribution in [3.05, 3.63) is 81.2 Å². The Labute approximate surface area is 194 Å². The van der Waals surface area contributed by atoms with Crippen LogP contribution in [-0.4, -0.2) is 37.2 Å². The molecule has 2 aromatic heterocycles. The summed E-state index contributed by atoms with van der Waals surface area (Å²) in [6, 6.07) is 9.63. The van der Waals surface area contributed by atoms with Gasteiger partial charge in [-0.05, 0) is 24.3 Å². The first-order chi connectivity index (χ1) is 15.8. The van der Waals surface area contributed by atoms with Crippen LogP contribution in [0.1, 0.15) is 26.7 Å². The monoisotopic (exact) mass is 491 g/mol. The van der Waals surface area contributed by atoms with E-state index in [1.165, 1.54) is 6.07 Å². The van der Waals surface area contributed by atoms with Crippen LogP contribution in [0.15, 0.2) is 42.5 Å². The van der Waals surface area contributed by atoms with Crippen LogP contribution < -0.4 is 10.6 Å². The molecule has 2 amide bonds. The number of nitrogens with one attached hydrogen (secondary N) is 4. The van der Waals surface area contributed by atoms with Crippen LogP contribution in [-0.2, 0) is 6.54 Å². The third kappa shape index (κ3) is 5.16. The molecular weight excluding hydrogens is 479 g/mol. The van der Waals surface area contributed by atoms with E-state index in [1.54, 1.807) is 24.3 Å². The fourth-order valence-corrected chi connectivity index (χ4v) is 3.20. The third-order valence-corrected chi connectivity index (χ3v) is 4.90. The van der Waals surface area contributed by atoms with Crippen LogP contribution in [0.2, 0.25) is 10.0 Å². The summed E-state index contributed by atoms with van der Waals surface area (Å²) in [5, 5.41) is 18.3. The summed E-state index contributed by atoms with van der Waals surface area (Å²) < 4.78 is 26.6. The first-order valence-electron chi connectivity index (χ1n) is 9.27. The number of nitrogens with zero attached hydrogens (tertiary/aromatic N) is 3. The minimum absolute atomic E-state index is 0.0196. The summed E-state index contributed by atoms with van der Waals surface area (Å²) >= 11 is 11.8. The second-order valence-electron chi connectivity index (χ2n) is 6.67. The average molecular weight is 492 g/mol. The van der Waals surface area contributed by atoms with Crippen molar-refractivity contribution in [2.75, 3.05) is 5.32 Å². The predicted octanol–water partition coefficient (Wildman–Crippen LogP) is 3.96. The van der Waals surface area contributed by atoms with Gasteiger partial charge in [-0.3, -0.25) is 19.8 Å². The van der Waals surface area contributed by atoms with Gasteiger partial charge in [-0.2, -0.15) is 10.2 Å². The predicted molar refractivity (Wildman–Crippen MR) is 116 cm³/mol. The first kappa shape index (κ1) is 22.4. The maximum Gasteiger partial charge on any atom is 0.269 e. The normalized spacial score (nSPS) is 10.8. The van der Waals surface area contributed by atoms with Gasteiger partial charge in [-0.15, -0.1) is 0 Å². The van der Waals surface area contributed by atoms with Gasteiger partial charge in [0.15, 0.2) is 23.3 Å². The molecule has 0 unspecified atom stereocenters. The molecule has 0 fully saturated rings. The SMILES string of the molecule is O=C(NCc1nc(-c2cccc(Cl)c2)n[nH]1)c1cc(NC(=O)c2cc(F)c(F)cc2Cl)n[nH]1. The number of halogens is 4. The van der Waals surface area contributed by atoms with E-state index in [4.69, 9.17) is 23.2 Å². The number of anilines is 1. The minimum Gasteiger partial charge on any atom is -0.343 e. The molecule has 0 saturated carbocycles. The van der Waals surface area contributed by atoms with Crippen molar-refractivity contribution in [3.63, 3.8) is 0 Å². The number of rotatable bonds is 6. The van der Waals surface area contributed by atoms with E-state index in [9.17, 15) is 18.4 Å². The zero-order valence-corrected chi connectivity index (χ0v) is 17.9. The minimum atomic E-state index is -1.22. The van der Waals surface area contributed by atoms with Crippen molar-refractivity contribution < 1.29 is 18.4 Å². The number of benzene rings is 2. The van der Waals surface area contributed by atoms with E-state index in [0.29, 0.717) is 34.4 Å². The van der Waals surface area contributed by atoms with Crippen LogP contribution in [0.25, 0.3) is 11.4 Å². The smallest absolute Gasteiger partial charge is 0.269 e. The molecule has 0 atom stereocenters. The van der Waals surface area contributed by atoms with Crippen LogP contribution in [0.4, 0.5) is 14.6 Å². The van der Waals surface area contributed by atoms with Crippen molar-refractivity contribution in [2.24, 2.45) is 0 Å². The lowest BCUT2D eigenvalue weighted by Gasteiger charge is -2.05. The number of hydrogen-bond donors (Lipinski definition) is 4. The first-order valence-corrected chi connectivity index (χ1v) is 10.0. The number of amides is 2. The average Bonchev–Trinajstić information content (AvgIpc) is 3.44. The molecule has 0 aliphatic rings. The Bertz CT molecular complexity index is 1360. The van der Waals surface area contributed by atoms with Gasteiger partial charge in [0.05, 0.1) is 17.1 Å². The number of hydrogen-bond acceptors (Lipinski definition) is 5. The molecule has 0 saturated heterocycles. The van der Waals surface area contributed by atoms with Crippen LogP contribution in [0.5, 0.6) is 0 Å². The second kappa shape index (κ2) is 9.35. The van der Waals surface area contributed by atoms with Crippen LogP contribution in [0.3, 0.4) is 0 Å². The van der Waals surface area contributed by atoms with Gasteiger partial charge in [-0.1, -0.05) is 35.3 Å². The number of H-pyrrole nitrogens is 2. The highest BCUT2D eigenvalue weighted by Crippen LogP contribution is 2.21. The van der Waals surface area contributed by atoms with Crippen molar-refractivity contribution >= 4 is 40.8 Å². The quantitative estimate of drug-likeness (QED) is 0.303. The van der Waals surface area contributed by atoms with E-state index < -0.39 is 23.4 Å². The molecule has 2 aromatic carbocycles. The topological polar surface area (TPSA) is 128 Å². The molecule has 13 heteroatoms. The lowest BCUT2D eigenvalue weighted by Crippen LogP contribution is -2.23. The molecule has 0 spiro atoms. The zero-order chi connectivity index (χ0) is 23.5. The van der Waals surface area contributed by atoms with Crippen molar-refractivity contribution in [3.8, 4) is 11.4 Å². The Hall–Kier alpha value is -3.83. The standard InChI is InChI=1S/C20H13Cl2F2N7O2/c21-10-3-1-2-9(4-10)18-26-17(30-31-18)8-25-20(33)15-7-16(29-28-15)27-19(32)11-5-13(23)14(24)6-12(11)22/h1-7H,8H2,(H,25,33)(H,26,30,31)(H2,27,28,29,32). The maximum atomic E-state index is 13.4. The maximum absolute atomic E-state index is 13.4. The fraction of sp³-hybridized carbons (Fsp3) is 0.0500. The number of carbonyl (C=O) groups is 2. The molecule has 168 valence electrons. The second-order valence-corrected chi connectivity index (χ2v) is 7.51. The summed E-state index contributed by atoms with van der Waals surface area (Å²) in [5.74, 6) is -2.96. The van der Waals surface area contributed by atoms with Crippen molar-refractivity contribution in [2.45, 2.75) is 6.54 Å². The van der Waals surface area contributed by atoms with E-state index in [1.807, 2.05) is 0 Å². The Kier molecular flexibility index (Phi) is 6.33. The summed E-state index contributed by atoms with van der Waals surface area (Å²) in [4.78, 5) is 28.9. The van der Waals surface area contributed by atoms with Crippen LogP contribution in [0, 0.1) is 11.6 Å². The highest BCUT2D eigenvalue weighted by Gasteiger charge is 2.17. The Morgan fingerprint density at radius 1 is 0.970 bits per heavy atom. The molecule has 0 radical (unpaired) electrons. The van der Waals surface area contributed by atoms with Crippen LogP contribution >= 0.6 is 23.2 Å². The highest BCUT2D eigenvalue weighted by atomic mass is 35.5. The summed E-state index contributed by atoms with van der Waals surface area (Å²) in [6.07, 6.45) is 0. The van der Waals surface area contributed by atoms with Gasteiger partial charge in [0.1, 0.15) is 11.5 Å². The van der Waals surface area contributed by atoms with Gasteiger partial charge in [0.2, 0.25) is 0 Å². The number of carbonyl (C=O) groups excluding carboxylic acids is 2. The van der Waals surface area contributed by atoms with Gasteiger partial charge >= 0.3 is 0 Å². The Morgan fingerprint density at radius 2 is 1.76 bits per heavy atom. The number of aromatic amines is 2. The molecule has 0 aliphatic heterocycles. The molecule has 0 aliphatic carbocycles.